The van der Waals surface area contributed by atoms with Crippen molar-refractivity contribution in [3.8, 4) is 11.5 Å². The molecule has 0 radical (unpaired) electrons. The monoisotopic (exact) mass is 460 g/mol. The number of aromatic nitrogens is 1. The molecule has 0 saturated heterocycles. The Morgan fingerprint density at radius 2 is 1.79 bits per heavy atom. The van der Waals surface area contributed by atoms with E-state index in [2.05, 4.69) is 15.4 Å². The van der Waals surface area contributed by atoms with Crippen molar-refractivity contribution in [3.63, 3.8) is 0 Å². The lowest BCUT2D eigenvalue weighted by atomic mass is 10.1. The molecule has 1 unspecified atom stereocenters. The highest BCUT2D eigenvalue weighted by Gasteiger charge is 2.28. The number of hydrazone groups is 1. The fourth-order valence-corrected chi connectivity index (χ4v) is 3.53. The van der Waals surface area contributed by atoms with Gasteiger partial charge < -0.3 is 19.5 Å². The number of hydrogen-bond donors (Lipinski definition) is 1. The van der Waals surface area contributed by atoms with Gasteiger partial charge in [-0.25, -0.2) is 4.79 Å². The molecule has 9 heteroatoms. The first kappa shape index (κ1) is 22.8. The molecule has 1 aliphatic rings. The van der Waals surface area contributed by atoms with E-state index in [-0.39, 0.29) is 19.1 Å². The lowest BCUT2D eigenvalue weighted by Crippen LogP contribution is -2.42. The summed E-state index contributed by atoms with van der Waals surface area (Å²) in [5.41, 5.74) is 2.57. The molecule has 1 N–H and O–H groups in total. The summed E-state index contributed by atoms with van der Waals surface area (Å²) in [6, 6.07) is 17.5. The van der Waals surface area contributed by atoms with Crippen LogP contribution in [0.25, 0.3) is 0 Å². The molecule has 0 spiro atoms. The van der Waals surface area contributed by atoms with Crippen LogP contribution in [0, 0.1) is 0 Å². The minimum Gasteiger partial charge on any atom is -0.493 e. The van der Waals surface area contributed by atoms with Gasteiger partial charge in [-0.15, -0.1) is 0 Å². The molecule has 4 rings (SSSR count). The Hall–Kier alpha value is -4.40. The average molecular weight is 460 g/mol. The smallest absolute Gasteiger partial charge is 0.430 e. The van der Waals surface area contributed by atoms with Gasteiger partial charge in [0.25, 0.3) is 5.91 Å². The van der Waals surface area contributed by atoms with E-state index in [1.165, 1.54) is 5.01 Å². The third kappa shape index (κ3) is 5.15. The van der Waals surface area contributed by atoms with Crippen LogP contribution in [0.4, 0.5) is 4.79 Å². The van der Waals surface area contributed by atoms with Crippen LogP contribution in [0.2, 0.25) is 0 Å². The van der Waals surface area contributed by atoms with Crippen LogP contribution in [-0.4, -0.2) is 55.1 Å². The van der Waals surface area contributed by atoms with Crippen LogP contribution in [0.15, 0.2) is 78.2 Å². The van der Waals surface area contributed by atoms with Crippen LogP contribution in [0.3, 0.4) is 0 Å². The number of carbonyl (C=O) groups is 2. The summed E-state index contributed by atoms with van der Waals surface area (Å²) in [6.45, 7) is 0.0979. The number of ether oxygens (including phenoxy) is 3. The van der Waals surface area contributed by atoms with Crippen molar-refractivity contribution in [1.29, 1.82) is 0 Å². The van der Waals surface area contributed by atoms with Crippen molar-refractivity contribution >= 4 is 17.7 Å². The Kier molecular flexibility index (Phi) is 7.02. The summed E-state index contributed by atoms with van der Waals surface area (Å²) < 4.78 is 16.0. The standard InChI is InChI=1S/C25H24N4O5/c1-32-22-9-8-19(14-23(22)33-2)21-16-34-25(31)29(28-21)15-20(17-6-4-3-5-7-17)27-24(30)18-10-12-26-13-11-18/h3-14,20H,15-16H2,1-2H3,(H,27,30). The number of methoxy groups -OCH3 is 2. The number of nitrogens with zero attached hydrogens (tertiary/aromatic N) is 3. The quantitative estimate of drug-likeness (QED) is 0.553. The van der Waals surface area contributed by atoms with Crippen molar-refractivity contribution in [1.82, 2.24) is 15.3 Å². The highest BCUT2D eigenvalue weighted by atomic mass is 16.6. The Morgan fingerprint density at radius 1 is 1.06 bits per heavy atom. The van der Waals surface area contributed by atoms with Crippen LogP contribution in [0.5, 0.6) is 11.5 Å². The third-order valence-electron chi connectivity index (χ3n) is 5.31. The number of rotatable bonds is 8. The topological polar surface area (TPSA) is 102 Å². The van der Waals surface area contributed by atoms with Gasteiger partial charge in [-0.2, -0.15) is 10.1 Å². The normalized spacial score (nSPS) is 14.0. The molecule has 174 valence electrons. The second-order valence-corrected chi connectivity index (χ2v) is 7.43. The van der Waals surface area contributed by atoms with E-state index in [0.29, 0.717) is 22.8 Å². The number of benzene rings is 2. The van der Waals surface area contributed by atoms with Gasteiger partial charge in [0, 0.05) is 23.5 Å². The summed E-state index contributed by atoms with van der Waals surface area (Å²) in [5.74, 6) is 0.836. The largest absolute Gasteiger partial charge is 0.493 e. The molecule has 1 aromatic heterocycles. The third-order valence-corrected chi connectivity index (χ3v) is 5.31. The second-order valence-electron chi connectivity index (χ2n) is 7.43. The van der Waals surface area contributed by atoms with E-state index in [9.17, 15) is 9.59 Å². The summed E-state index contributed by atoms with van der Waals surface area (Å²) in [7, 11) is 3.11. The van der Waals surface area contributed by atoms with Crippen molar-refractivity contribution in [3.05, 3.63) is 89.7 Å². The molecule has 0 fully saturated rings. The average Bonchev–Trinajstić information content (AvgIpc) is 2.90. The summed E-state index contributed by atoms with van der Waals surface area (Å²) in [4.78, 5) is 29.3. The molecule has 0 saturated carbocycles. The zero-order chi connectivity index (χ0) is 23.9. The van der Waals surface area contributed by atoms with Gasteiger partial charge >= 0.3 is 6.09 Å². The van der Waals surface area contributed by atoms with Crippen molar-refractivity contribution in [2.24, 2.45) is 5.10 Å². The van der Waals surface area contributed by atoms with E-state index in [4.69, 9.17) is 14.2 Å². The lowest BCUT2D eigenvalue weighted by molar-refractivity contribution is 0.0881. The van der Waals surface area contributed by atoms with Crippen LogP contribution < -0.4 is 14.8 Å². The summed E-state index contributed by atoms with van der Waals surface area (Å²) in [6.07, 6.45) is 2.51. The lowest BCUT2D eigenvalue weighted by Gasteiger charge is -2.28. The Bertz CT molecular complexity index is 1180. The maximum absolute atomic E-state index is 12.8. The number of carbonyl (C=O) groups excluding carboxylic acids is 2. The van der Waals surface area contributed by atoms with Crippen LogP contribution >= 0.6 is 0 Å². The fraction of sp³-hybridized carbons (Fsp3) is 0.200. The van der Waals surface area contributed by atoms with Crippen LogP contribution in [0.1, 0.15) is 27.5 Å². The zero-order valence-corrected chi connectivity index (χ0v) is 18.8. The molecular weight excluding hydrogens is 436 g/mol. The highest BCUT2D eigenvalue weighted by molar-refractivity contribution is 6.04. The van der Waals surface area contributed by atoms with E-state index in [1.54, 1.807) is 50.9 Å². The number of hydrogen-bond acceptors (Lipinski definition) is 7. The SMILES string of the molecule is COc1ccc(C2=NN(CC(NC(=O)c3ccncc3)c3ccccc3)C(=O)OC2)cc1OC. The summed E-state index contributed by atoms with van der Waals surface area (Å²) in [5, 5.41) is 8.73. The molecule has 0 aliphatic carbocycles. The van der Waals surface area contributed by atoms with Gasteiger partial charge in [-0.1, -0.05) is 30.3 Å². The number of cyclic esters (lactones) is 1. The van der Waals surface area contributed by atoms with Gasteiger partial charge in [0.05, 0.1) is 26.8 Å². The maximum atomic E-state index is 12.8. The van der Waals surface area contributed by atoms with Crippen molar-refractivity contribution < 1.29 is 23.8 Å². The molecule has 34 heavy (non-hydrogen) atoms. The minimum atomic E-state index is -0.594. The maximum Gasteiger partial charge on any atom is 0.430 e. The number of amides is 2. The molecule has 3 aromatic rings. The molecular formula is C25H24N4O5. The van der Waals surface area contributed by atoms with E-state index in [0.717, 1.165) is 11.1 Å². The first-order valence-electron chi connectivity index (χ1n) is 10.6. The molecule has 1 aliphatic heterocycles. The van der Waals surface area contributed by atoms with Gasteiger partial charge in [0.15, 0.2) is 11.5 Å². The van der Waals surface area contributed by atoms with Crippen molar-refractivity contribution in [2.75, 3.05) is 27.4 Å². The van der Waals surface area contributed by atoms with Gasteiger partial charge in [0.2, 0.25) is 0 Å². The first-order chi connectivity index (χ1) is 16.6. The zero-order valence-electron chi connectivity index (χ0n) is 18.8. The second kappa shape index (κ2) is 10.5. The molecule has 1 atom stereocenters. The van der Waals surface area contributed by atoms with Gasteiger partial charge in [-0.3, -0.25) is 9.78 Å². The Morgan fingerprint density at radius 3 is 2.50 bits per heavy atom. The highest BCUT2D eigenvalue weighted by Crippen LogP contribution is 2.28. The molecule has 2 heterocycles. The Balaban J connectivity index is 1.61. The summed E-state index contributed by atoms with van der Waals surface area (Å²) >= 11 is 0. The van der Waals surface area contributed by atoms with E-state index >= 15 is 0 Å². The predicted molar refractivity (Wildman–Crippen MR) is 125 cm³/mol. The molecule has 9 nitrogen and oxygen atoms in total. The van der Waals surface area contributed by atoms with E-state index < -0.39 is 12.1 Å². The first-order valence-corrected chi connectivity index (χ1v) is 10.6. The van der Waals surface area contributed by atoms with Crippen molar-refractivity contribution in [2.45, 2.75) is 6.04 Å². The fourth-order valence-electron chi connectivity index (χ4n) is 3.53. The van der Waals surface area contributed by atoms with E-state index in [1.807, 2.05) is 36.4 Å². The number of pyridine rings is 1. The van der Waals surface area contributed by atoms with Gasteiger partial charge in [0.1, 0.15) is 12.3 Å². The van der Waals surface area contributed by atoms with Crippen LogP contribution in [-0.2, 0) is 4.74 Å². The predicted octanol–water partition coefficient (Wildman–Crippen LogP) is 3.43. The molecule has 0 bridgehead atoms. The molecule has 2 amide bonds. The molecule has 2 aromatic carbocycles. The Labute approximate surface area is 197 Å². The number of nitrogens with one attached hydrogen (secondary N) is 1. The van der Waals surface area contributed by atoms with Gasteiger partial charge in [-0.05, 0) is 35.9 Å². The minimum absolute atomic E-state index is 0.0181.